The van der Waals surface area contributed by atoms with Crippen LogP contribution in [0.3, 0.4) is 0 Å². The second-order valence-electron chi connectivity index (χ2n) is 4.38. The minimum absolute atomic E-state index is 0.551. The van der Waals surface area contributed by atoms with Crippen molar-refractivity contribution in [1.82, 2.24) is 4.98 Å². The molecular weight excluding hydrogens is 278 g/mol. The van der Waals surface area contributed by atoms with E-state index < -0.39 is 0 Å². The van der Waals surface area contributed by atoms with E-state index in [0.717, 1.165) is 27.2 Å². The largest absolute Gasteiger partial charge is 0.397 e. The number of fused-ring (bicyclic) bond motifs is 1. The first-order valence-corrected chi connectivity index (χ1v) is 7.05. The second-order valence-corrected chi connectivity index (χ2v) is 5.64. The molecule has 0 saturated heterocycles. The van der Waals surface area contributed by atoms with Crippen molar-refractivity contribution in [3.63, 3.8) is 0 Å². The number of nitrogens with zero attached hydrogens (tertiary/aromatic N) is 1. The Hall–Kier alpha value is -1.78. The van der Waals surface area contributed by atoms with Gasteiger partial charge in [-0.3, -0.25) is 0 Å². The fourth-order valence-corrected chi connectivity index (χ4v) is 2.85. The number of aromatic nitrogens is 1. The molecule has 0 saturated carbocycles. The monoisotopic (exact) mass is 289 g/mol. The van der Waals surface area contributed by atoms with E-state index in [1.54, 1.807) is 11.3 Å². The molecular formula is C14H12ClN3S. The summed E-state index contributed by atoms with van der Waals surface area (Å²) in [5.41, 5.74) is 12.2. The van der Waals surface area contributed by atoms with Crippen molar-refractivity contribution in [2.24, 2.45) is 0 Å². The van der Waals surface area contributed by atoms with Crippen LogP contribution in [0.1, 0.15) is 5.56 Å². The minimum Gasteiger partial charge on any atom is -0.397 e. The van der Waals surface area contributed by atoms with E-state index in [2.05, 4.69) is 16.4 Å². The fourth-order valence-electron chi connectivity index (χ4n) is 1.98. The van der Waals surface area contributed by atoms with Crippen LogP contribution < -0.4 is 11.1 Å². The maximum Gasteiger partial charge on any atom is 0.0870 e. The molecule has 5 heteroatoms. The molecule has 3 N–H and O–H groups in total. The van der Waals surface area contributed by atoms with Crippen LogP contribution in [0.5, 0.6) is 0 Å². The Balaban J connectivity index is 2.00. The van der Waals surface area contributed by atoms with Crippen LogP contribution in [-0.2, 0) is 0 Å². The number of nitrogen functional groups attached to an aromatic ring is 1. The standard InChI is InChI=1S/C14H12ClN3S/c1-8-4-10(16)14(15)12(5-8)18-9-2-3-11-13(6-9)19-7-17-11/h2-7,18H,16H2,1H3. The molecule has 1 heterocycles. The lowest BCUT2D eigenvalue weighted by Crippen LogP contribution is -1.95. The van der Waals surface area contributed by atoms with Gasteiger partial charge < -0.3 is 11.1 Å². The Kier molecular flexibility index (Phi) is 3.05. The number of anilines is 3. The summed E-state index contributed by atoms with van der Waals surface area (Å²) in [4.78, 5) is 4.26. The van der Waals surface area contributed by atoms with Crippen LogP contribution in [0.15, 0.2) is 35.8 Å². The van der Waals surface area contributed by atoms with Crippen molar-refractivity contribution in [3.8, 4) is 0 Å². The predicted octanol–water partition coefficient (Wildman–Crippen LogP) is 4.58. The summed E-state index contributed by atoms with van der Waals surface area (Å²) in [5.74, 6) is 0. The SMILES string of the molecule is Cc1cc(N)c(Cl)c(Nc2ccc3ncsc3c2)c1. The molecule has 0 atom stereocenters. The molecule has 0 unspecified atom stereocenters. The van der Waals surface area contributed by atoms with Crippen molar-refractivity contribution in [2.75, 3.05) is 11.1 Å². The van der Waals surface area contributed by atoms with E-state index in [0.29, 0.717) is 10.7 Å². The summed E-state index contributed by atoms with van der Waals surface area (Å²) in [7, 11) is 0. The lowest BCUT2D eigenvalue weighted by atomic mass is 10.2. The van der Waals surface area contributed by atoms with Crippen molar-refractivity contribution < 1.29 is 0 Å². The predicted molar refractivity (Wildman–Crippen MR) is 83.5 cm³/mol. The number of hydrogen-bond donors (Lipinski definition) is 2. The van der Waals surface area contributed by atoms with Crippen LogP contribution in [0.2, 0.25) is 5.02 Å². The third kappa shape index (κ3) is 2.37. The molecule has 96 valence electrons. The molecule has 0 radical (unpaired) electrons. The summed E-state index contributed by atoms with van der Waals surface area (Å²) in [5, 5.41) is 3.85. The van der Waals surface area contributed by atoms with Crippen molar-refractivity contribution in [1.29, 1.82) is 0 Å². The minimum atomic E-state index is 0.551. The van der Waals surface area contributed by atoms with Gasteiger partial charge in [0.1, 0.15) is 0 Å². The van der Waals surface area contributed by atoms with Crippen LogP contribution in [0.25, 0.3) is 10.2 Å². The van der Waals surface area contributed by atoms with Gasteiger partial charge in [0.2, 0.25) is 0 Å². The highest BCUT2D eigenvalue weighted by molar-refractivity contribution is 7.16. The fraction of sp³-hybridized carbons (Fsp3) is 0.0714. The maximum atomic E-state index is 6.21. The van der Waals surface area contributed by atoms with E-state index >= 15 is 0 Å². The van der Waals surface area contributed by atoms with E-state index in [9.17, 15) is 0 Å². The van der Waals surface area contributed by atoms with Crippen molar-refractivity contribution in [2.45, 2.75) is 6.92 Å². The number of hydrogen-bond acceptors (Lipinski definition) is 4. The van der Waals surface area contributed by atoms with E-state index in [-0.39, 0.29) is 0 Å². The average molecular weight is 290 g/mol. The highest BCUT2D eigenvalue weighted by Crippen LogP contribution is 2.33. The highest BCUT2D eigenvalue weighted by Gasteiger charge is 2.06. The molecule has 0 spiro atoms. The lowest BCUT2D eigenvalue weighted by Gasteiger charge is -2.11. The van der Waals surface area contributed by atoms with Gasteiger partial charge in [-0.15, -0.1) is 11.3 Å². The summed E-state index contributed by atoms with van der Waals surface area (Å²) >= 11 is 7.83. The van der Waals surface area contributed by atoms with E-state index in [4.69, 9.17) is 17.3 Å². The van der Waals surface area contributed by atoms with Crippen LogP contribution in [0, 0.1) is 6.92 Å². The number of halogens is 1. The first kappa shape index (κ1) is 12.3. The van der Waals surface area contributed by atoms with Gasteiger partial charge in [0.05, 0.1) is 32.1 Å². The van der Waals surface area contributed by atoms with Crippen molar-refractivity contribution in [3.05, 3.63) is 46.4 Å². The van der Waals surface area contributed by atoms with Gasteiger partial charge in [0.25, 0.3) is 0 Å². The van der Waals surface area contributed by atoms with Gasteiger partial charge in [-0.25, -0.2) is 4.98 Å². The third-order valence-corrected chi connectivity index (χ3v) is 4.07. The molecule has 1 aromatic heterocycles. The van der Waals surface area contributed by atoms with E-state index in [1.807, 2.05) is 36.7 Å². The lowest BCUT2D eigenvalue weighted by molar-refractivity contribution is 1.45. The molecule has 19 heavy (non-hydrogen) atoms. The van der Waals surface area contributed by atoms with Crippen molar-refractivity contribution >= 4 is 50.2 Å². The Morgan fingerprint density at radius 1 is 1.26 bits per heavy atom. The number of nitrogens with two attached hydrogens (primary N) is 1. The molecule has 3 nitrogen and oxygen atoms in total. The Labute approximate surface area is 120 Å². The van der Waals surface area contributed by atoms with Gasteiger partial charge in [-0.05, 0) is 42.8 Å². The molecule has 0 aliphatic rings. The topological polar surface area (TPSA) is 50.9 Å². The zero-order valence-corrected chi connectivity index (χ0v) is 11.8. The second kappa shape index (κ2) is 4.72. The summed E-state index contributed by atoms with van der Waals surface area (Å²) in [6, 6.07) is 9.87. The number of benzene rings is 2. The van der Waals surface area contributed by atoms with Gasteiger partial charge in [-0.1, -0.05) is 11.6 Å². The first-order valence-electron chi connectivity index (χ1n) is 5.79. The number of thiazole rings is 1. The molecule has 0 bridgehead atoms. The quantitative estimate of drug-likeness (QED) is 0.679. The zero-order chi connectivity index (χ0) is 13.4. The Morgan fingerprint density at radius 2 is 2.11 bits per heavy atom. The average Bonchev–Trinajstić information content (AvgIpc) is 2.82. The molecule has 3 rings (SSSR count). The number of rotatable bonds is 2. The molecule has 0 fully saturated rings. The summed E-state index contributed by atoms with van der Waals surface area (Å²) < 4.78 is 1.14. The molecule has 0 aliphatic carbocycles. The van der Waals surface area contributed by atoms with Gasteiger partial charge in [0.15, 0.2) is 0 Å². The van der Waals surface area contributed by atoms with Gasteiger partial charge in [-0.2, -0.15) is 0 Å². The molecule has 0 aliphatic heterocycles. The Morgan fingerprint density at radius 3 is 2.95 bits per heavy atom. The van der Waals surface area contributed by atoms with E-state index in [1.165, 1.54) is 0 Å². The smallest absolute Gasteiger partial charge is 0.0870 e. The first-order chi connectivity index (χ1) is 9.13. The summed E-state index contributed by atoms with van der Waals surface area (Å²) in [6.07, 6.45) is 0. The number of nitrogens with one attached hydrogen (secondary N) is 1. The normalized spacial score (nSPS) is 10.8. The Bertz CT molecular complexity index is 752. The zero-order valence-electron chi connectivity index (χ0n) is 10.3. The summed E-state index contributed by atoms with van der Waals surface area (Å²) in [6.45, 7) is 1.99. The molecule has 0 amide bonds. The highest BCUT2D eigenvalue weighted by atomic mass is 35.5. The third-order valence-electron chi connectivity index (χ3n) is 2.86. The van der Waals surface area contributed by atoms with Gasteiger partial charge in [0, 0.05) is 5.69 Å². The number of aryl methyl sites for hydroxylation is 1. The van der Waals surface area contributed by atoms with Crippen LogP contribution in [-0.4, -0.2) is 4.98 Å². The molecule has 3 aromatic rings. The maximum absolute atomic E-state index is 6.21. The van der Waals surface area contributed by atoms with Crippen LogP contribution in [0.4, 0.5) is 17.1 Å². The van der Waals surface area contributed by atoms with Gasteiger partial charge >= 0.3 is 0 Å². The van der Waals surface area contributed by atoms with Crippen LogP contribution >= 0.6 is 22.9 Å². The molecule has 2 aromatic carbocycles.